The molecular weight excluding hydrogens is 1350 g/mol. The summed E-state index contributed by atoms with van der Waals surface area (Å²) in [5.41, 5.74) is 1.17. The number of aryl methyl sites for hydroxylation is 1. The lowest BCUT2D eigenvalue weighted by Gasteiger charge is -2.14. The number of hydrogen-bond acceptors (Lipinski definition) is 25. The number of rotatable bonds is 19. The van der Waals surface area contributed by atoms with Crippen LogP contribution in [0.5, 0.6) is 0 Å². The maximum Gasteiger partial charge on any atom is 0.358 e. The molecule has 5 heterocycles. The van der Waals surface area contributed by atoms with Crippen LogP contribution in [0, 0.1) is 60.1 Å². The lowest BCUT2D eigenvalue weighted by Crippen LogP contribution is -2.26. The van der Waals surface area contributed by atoms with E-state index in [2.05, 4.69) is 45.6 Å². The van der Waals surface area contributed by atoms with E-state index < -0.39 is 72.5 Å². The van der Waals surface area contributed by atoms with Gasteiger partial charge in [0.2, 0.25) is 0 Å². The number of ketones is 2. The molecule has 4 aromatic heterocycles. The molecule has 0 atom stereocenters. The molecule has 0 radical (unpaired) electrons. The van der Waals surface area contributed by atoms with Gasteiger partial charge < -0.3 is 42.7 Å². The Morgan fingerprint density at radius 1 is 0.526 bits per heavy atom. The Balaban J connectivity index is 0.000000226. The zero-order valence-electron chi connectivity index (χ0n) is 53.4. The summed E-state index contributed by atoms with van der Waals surface area (Å²) in [4.78, 5) is 156. The first-order valence-corrected chi connectivity index (χ1v) is 29.8. The smallest absolute Gasteiger partial charge is 0.358 e. The lowest BCUT2D eigenvalue weighted by molar-refractivity contribution is -0.385. The van der Waals surface area contributed by atoms with Crippen LogP contribution in [0.15, 0.2) is 98.1 Å². The van der Waals surface area contributed by atoms with Gasteiger partial charge in [-0.15, -0.1) is 0 Å². The van der Waals surface area contributed by atoms with Crippen molar-refractivity contribution in [3.05, 3.63) is 212 Å². The van der Waals surface area contributed by atoms with Crippen LogP contribution in [-0.4, -0.2) is 151 Å². The Hall–Kier alpha value is -12.1. The molecule has 1 aliphatic heterocycles. The van der Waals surface area contributed by atoms with Gasteiger partial charge in [-0.2, -0.15) is 0 Å². The minimum Gasteiger partial charge on any atom is -0.462 e. The van der Waals surface area contributed by atoms with Gasteiger partial charge in [0, 0.05) is 56.2 Å². The second-order valence-corrected chi connectivity index (χ2v) is 20.0. The molecule has 34 nitrogen and oxygen atoms in total. The summed E-state index contributed by atoms with van der Waals surface area (Å²) in [6.45, 7) is 15.1. The fourth-order valence-electron chi connectivity index (χ4n) is 9.12. The van der Waals surface area contributed by atoms with Gasteiger partial charge in [0.15, 0.2) is 39.6 Å². The molecule has 0 saturated carbocycles. The number of aromatic nitrogens is 8. The summed E-state index contributed by atoms with van der Waals surface area (Å²) < 4.78 is 41.9. The number of nitro groups is 4. The summed E-state index contributed by atoms with van der Waals surface area (Å²) in [5.74, 6) is -5.54. The topological polar surface area (TPSA) is 441 Å². The van der Waals surface area contributed by atoms with Crippen molar-refractivity contribution in [1.82, 2.24) is 43.5 Å². The highest BCUT2D eigenvalue weighted by Gasteiger charge is 2.35. The van der Waals surface area contributed by atoms with Crippen LogP contribution >= 0.6 is 15.9 Å². The first-order chi connectivity index (χ1) is 46.1. The molecule has 0 fully saturated rings. The Bertz CT molecular complexity index is 4350. The molecule has 1 aliphatic rings. The third-order valence-electron chi connectivity index (χ3n) is 13.3. The number of halogens is 2. The van der Waals surface area contributed by atoms with Crippen LogP contribution in [0.4, 0.5) is 27.1 Å². The van der Waals surface area contributed by atoms with Crippen molar-refractivity contribution in [2.24, 2.45) is 0 Å². The molecule has 0 spiro atoms. The molecule has 36 heteroatoms. The number of hydrogen-bond donors (Lipinski definition) is 1. The van der Waals surface area contributed by atoms with Crippen molar-refractivity contribution in [2.45, 2.75) is 74.2 Å². The summed E-state index contributed by atoms with van der Waals surface area (Å²) >= 11 is 3.28. The van der Waals surface area contributed by atoms with E-state index in [0.717, 1.165) is 23.9 Å². The fourth-order valence-corrected chi connectivity index (χ4v) is 9.65. The summed E-state index contributed by atoms with van der Waals surface area (Å²) in [5, 5.41) is 44.7. The average Bonchev–Trinajstić information content (AvgIpc) is 1.66. The minimum absolute atomic E-state index is 0.00810. The number of fused-ring (bicyclic) bond motifs is 3. The number of nitrogens with zero attached hydrogens (tertiary/aromatic N) is 12. The minimum atomic E-state index is -1.03. The number of aromatic amines is 1. The van der Waals surface area contributed by atoms with Crippen LogP contribution in [0.2, 0.25) is 0 Å². The normalized spacial score (nSPS) is 10.9. The van der Waals surface area contributed by atoms with Crippen molar-refractivity contribution in [3.63, 3.8) is 0 Å². The summed E-state index contributed by atoms with van der Waals surface area (Å²) in [6.07, 6.45) is 5.56. The molecule has 0 saturated heterocycles. The highest BCUT2D eigenvalue weighted by atomic mass is 79.9. The number of nitro benzene ring substituents is 4. The molecule has 1 N–H and O–H groups in total. The Morgan fingerprint density at radius 2 is 0.918 bits per heavy atom. The molecule has 0 aliphatic carbocycles. The number of H-pyrrole nitrogens is 1. The van der Waals surface area contributed by atoms with Gasteiger partial charge in [0.25, 0.3) is 28.7 Å². The van der Waals surface area contributed by atoms with Gasteiger partial charge in [0.05, 0.1) is 99.7 Å². The van der Waals surface area contributed by atoms with Gasteiger partial charge in [-0.25, -0.2) is 48.3 Å². The first-order valence-electron chi connectivity index (χ1n) is 28.7. The van der Waals surface area contributed by atoms with E-state index in [1.54, 1.807) is 40.7 Å². The quantitative estimate of drug-likeness (QED) is 0.0196. The number of esters is 5. The molecule has 0 bridgehead atoms. The second-order valence-electron chi connectivity index (χ2n) is 19.4. The third kappa shape index (κ3) is 17.8. The van der Waals surface area contributed by atoms with Crippen molar-refractivity contribution in [1.29, 1.82) is 0 Å². The maximum absolute atomic E-state index is 13.2. The number of alkyl halides is 1. The zero-order valence-corrected chi connectivity index (χ0v) is 55.0. The lowest BCUT2D eigenvalue weighted by atomic mass is 10.1. The molecule has 510 valence electrons. The maximum atomic E-state index is 13.2. The standard InChI is InChI=1S/C16H17N3O6.C15H14BrN3O5.C15H14N4O5.C9H8FNO4.C6H8N2O/c1-4-24-15(20)13-11(7-6-8-12(13)19(22)23)18-9-17-14(10(18)3)16(21)25-5-2;1-3-24-15(21)13-10(5-4-6-11(13)19(22)23)18-8-17-14(9(2)20)12(18)7-16;1-3-24-15(21)13-11-7-17(2)14(20)12-9(18(11)8-16-13)5-4-6-10(12)19(22)23;1-2-15-9(12)8-6(10)4-3-5-7(8)11(13)14;1-4-6(5(2)9)8-3-7-4/h6-9H,4-5H2,1-3H3;2*4-6,8H,3,7H2,1-2H3;3-5H,2H2,1H3;3H,1-2H3,(H,7,8). The average molecular weight is 1410 g/mol. The molecule has 8 aromatic rings. The number of amides is 1. The van der Waals surface area contributed by atoms with Crippen LogP contribution in [0.1, 0.15) is 155 Å². The monoisotopic (exact) mass is 1410 g/mol. The van der Waals surface area contributed by atoms with Gasteiger partial charge >= 0.3 is 29.8 Å². The van der Waals surface area contributed by atoms with Gasteiger partial charge in [0.1, 0.15) is 41.8 Å². The molecular formula is C61H61BrFN13O21. The van der Waals surface area contributed by atoms with E-state index in [1.165, 1.54) is 120 Å². The van der Waals surface area contributed by atoms with Crippen LogP contribution in [-0.2, 0) is 35.6 Å². The number of carbonyl (C=O) groups excluding carboxylic acids is 8. The molecule has 9 rings (SSSR count). The Morgan fingerprint density at radius 3 is 1.36 bits per heavy atom. The molecule has 97 heavy (non-hydrogen) atoms. The highest BCUT2D eigenvalue weighted by molar-refractivity contribution is 9.08. The predicted molar refractivity (Wildman–Crippen MR) is 340 cm³/mol. The van der Waals surface area contributed by atoms with E-state index in [0.29, 0.717) is 28.5 Å². The second kappa shape index (κ2) is 34.7. The third-order valence-corrected chi connectivity index (χ3v) is 13.8. The van der Waals surface area contributed by atoms with Crippen LogP contribution < -0.4 is 0 Å². The van der Waals surface area contributed by atoms with Crippen molar-refractivity contribution < 1.29 is 86.1 Å². The number of Topliss-reactive ketones (excluding diaryl/α,β-unsaturated/α-hetero) is 2. The summed E-state index contributed by atoms with van der Waals surface area (Å²) in [7, 11) is 1.51. The zero-order chi connectivity index (χ0) is 72.1. The number of nitrogens with one attached hydrogen (secondary N) is 1. The van der Waals surface area contributed by atoms with Gasteiger partial charge in [-0.05, 0) is 72.7 Å². The Kier molecular flexibility index (Phi) is 27.0. The van der Waals surface area contributed by atoms with Gasteiger partial charge in [-0.3, -0.25) is 59.4 Å². The van der Waals surface area contributed by atoms with Crippen LogP contribution in [0.3, 0.4) is 0 Å². The van der Waals surface area contributed by atoms with Crippen LogP contribution in [0.25, 0.3) is 17.1 Å². The summed E-state index contributed by atoms with van der Waals surface area (Å²) in [6, 6.07) is 15.9. The van der Waals surface area contributed by atoms with E-state index in [-0.39, 0.29) is 119 Å². The molecule has 1 amide bonds. The number of imidazole rings is 4. The van der Waals surface area contributed by atoms with E-state index in [9.17, 15) is 83.2 Å². The van der Waals surface area contributed by atoms with Crippen molar-refractivity contribution in [2.75, 3.05) is 40.1 Å². The largest absolute Gasteiger partial charge is 0.462 e. The van der Waals surface area contributed by atoms with Crippen molar-refractivity contribution in [3.8, 4) is 17.1 Å². The van der Waals surface area contributed by atoms with E-state index in [1.807, 2.05) is 6.92 Å². The predicted octanol–water partition coefficient (Wildman–Crippen LogP) is 9.87. The fraction of sp³-hybridized carbons (Fsp3) is 0.279. The SMILES string of the molecule is CC(=O)c1nc[nH]c1C.CCOC(=O)c1c(-n2cnc(C(C)=O)c2CBr)cccc1[N+](=O)[O-].CCOC(=O)c1c(F)cccc1[N+](=O)[O-].CCOC(=O)c1ncn(-c2cccc([N+](=O)[O-])c2C(=O)OCC)c1C.CCOC(=O)c1ncn2c1CN(C)C(=O)c1c-2cccc1[N+](=O)[O-]. The number of carbonyl (C=O) groups is 8. The number of ether oxygens (including phenoxy) is 5. The molecule has 0 unspecified atom stereocenters. The van der Waals surface area contributed by atoms with Gasteiger partial charge in [-0.1, -0.05) is 40.2 Å². The van der Waals surface area contributed by atoms with E-state index >= 15 is 0 Å². The Labute approximate surface area is 557 Å². The van der Waals surface area contributed by atoms with E-state index in [4.69, 9.17) is 18.9 Å². The first kappa shape index (κ1) is 75.6. The molecule has 4 aromatic carbocycles. The number of benzene rings is 4. The van der Waals surface area contributed by atoms with Crippen molar-refractivity contribution >= 4 is 86.0 Å². The highest BCUT2D eigenvalue weighted by Crippen LogP contribution is 2.34.